The molecule has 0 unspecified atom stereocenters. The number of esters is 1. The fourth-order valence-electron chi connectivity index (χ4n) is 2.26. The van der Waals surface area contributed by atoms with Gasteiger partial charge in [0.05, 0.1) is 27.0 Å². The van der Waals surface area contributed by atoms with Gasteiger partial charge in [-0.25, -0.2) is 0 Å². The number of aryl methyl sites for hydroxylation is 1. The van der Waals surface area contributed by atoms with Crippen molar-refractivity contribution < 1.29 is 9.53 Å². The van der Waals surface area contributed by atoms with Gasteiger partial charge in [-0.1, -0.05) is 53.0 Å². The number of fused-ring (bicyclic) bond motifs is 1. The normalized spacial score (nSPS) is 10.8. The van der Waals surface area contributed by atoms with Crippen molar-refractivity contribution in [3.63, 3.8) is 0 Å². The van der Waals surface area contributed by atoms with Crippen molar-refractivity contribution in [1.82, 2.24) is 4.98 Å². The van der Waals surface area contributed by atoms with E-state index in [2.05, 4.69) is 4.98 Å². The lowest BCUT2D eigenvalue weighted by Crippen LogP contribution is -2.09. The molecule has 0 aliphatic rings. The first-order valence-electron chi connectivity index (χ1n) is 7.22. The Kier molecular flexibility index (Phi) is 5.24. The fraction of sp³-hybridized carbons (Fsp3) is 0.111. The molecule has 0 fully saturated rings. The van der Waals surface area contributed by atoms with Gasteiger partial charge < -0.3 is 4.74 Å². The average Bonchev–Trinajstić information content (AvgIpc) is 2.57. The van der Waals surface area contributed by atoms with E-state index >= 15 is 0 Å². The number of ether oxygens (including phenoxy) is 1. The highest BCUT2D eigenvalue weighted by molar-refractivity contribution is 6.43. The van der Waals surface area contributed by atoms with E-state index in [-0.39, 0.29) is 22.2 Å². The van der Waals surface area contributed by atoms with E-state index in [1.54, 1.807) is 6.20 Å². The van der Waals surface area contributed by atoms with Crippen molar-refractivity contribution in [3.05, 3.63) is 69.3 Å². The maximum absolute atomic E-state index is 12.0. The number of hydrogen-bond donors (Lipinski definition) is 0. The molecule has 2 aromatic carbocycles. The smallest absolute Gasteiger partial charge is 0.311 e. The number of benzene rings is 2. The Bertz CT molecular complexity index is 912. The van der Waals surface area contributed by atoms with E-state index in [9.17, 15) is 4.79 Å². The molecule has 1 aromatic heterocycles. The van der Waals surface area contributed by atoms with E-state index in [0.717, 1.165) is 16.5 Å². The van der Waals surface area contributed by atoms with Crippen molar-refractivity contribution in [2.45, 2.75) is 12.8 Å². The molecule has 1 heterocycles. The average molecular weight is 381 g/mol. The van der Waals surface area contributed by atoms with Crippen LogP contribution < -0.4 is 4.74 Å². The summed E-state index contributed by atoms with van der Waals surface area (Å²) < 4.78 is 5.26. The van der Waals surface area contributed by atoms with Crippen LogP contribution >= 0.6 is 34.8 Å². The predicted molar refractivity (Wildman–Crippen MR) is 97.2 cm³/mol. The van der Waals surface area contributed by atoms with Gasteiger partial charge in [0.1, 0.15) is 0 Å². The summed E-state index contributed by atoms with van der Waals surface area (Å²) in [5.41, 5.74) is 1.89. The quantitative estimate of drug-likeness (QED) is 0.329. The highest BCUT2D eigenvalue weighted by Crippen LogP contribution is 2.34. The molecule has 0 saturated carbocycles. The summed E-state index contributed by atoms with van der Waals surface area (Å²) in [6, 6.07) is 12.7. The number of hydrogen-bond acceptors (Lipinski definition) is 3. The maximum atomic E-state index is 12.0. The molecule has 3 rings (SSSR count). The predicted octanol–water partition coefficient (Wildman–Crippen LogP) is 5.73. The Balaban J connectivity index is 1.65. The van der Waals surface area contributed by atoms with E-state index < -0.39 is 5.97 Å². The summed E-state index contributed by atoms with van der Waals surface area (Å²) in [7, 11) is 0. The van der Waals surface area contributed by atoms with Crippen molar-refractivity contribution in [3.8, 4) is 5.75 Å². The third-order valence-corrected chi connectivity index (χ3v) is 4.48. The lowest BCUT2D eigenvalue weighted by molar-refractivity contribution is -0.134. The Hall–Kier alpha value is -1.81. The van der Waals surface area contributed by atoms with E-state index in [0.29, 0.717) is 11.4 Å². The van der Waals surface area contributed by atoms with Crippen LogP contribution in [0.4, 0.5) is 0 Å². The SMILES string of the molecule is O=C(CCc1cnc2ccccc2c1)Oc1cc(Cl)c(Cl)cc1Cl. The van der Waals surface area contributed by atoms with Crippen LogP contribution in [0.25, 0.3) is 10.9 Å². The van der Waals surface area contributed by atoms with Crippen molar-refractivity contribution >= 4 is 51.7 Å². The summed E-state index contributed by atoms with van der Waals surface area (Å²) >= 11 is 17.8. The van der Waals surface area contributed by atoms with Gasteiger partial charge in [-0.3, -0.25) is 9.78 Å². The minimum absolute atomic E-state index is 0.202. The molecular weight excluding hydrogens is 369 g/mol. The Morgan fingerprint density at radius 1 is 1.00 bits per heavy atom. The second kappa shape index (κ2) is 7.39. The molecule has 0 radical (unpaired) electrons. The van der Waals surface area contributed by atoms with Crippen molar-refractivity contribution in [2.24, 2.45) is 0 Å². The third kappa shape index (κ3) is 3.99. The van der Waals surface area contributed by atoms with Crippen LogP contribution in [0.5, 0.6) is 5.75 Å². The summed E-state index contributed by atoms with van der Waals surface area (Å²) in [4.78, 5) is 16.4. The molecular formula is C18H12Cl3NO2. The van der Waals surface area contributed by atoms with Gasteiger partial charge in [0, 0.05) is 17.6 Å². The lowest BCUT2D eigenvalue weighted by Gasteiger charge is -2.08. The number of carbonyl (C=O) groups excluding carboxylic acids is 1. The minimum atomic E-state index is -0.400. The van der Waals surface area contributed by atoms with Gasteiger partial charge in [0.15, 0.2) is 5.75 Å². The molecule has 0 saturated heterocycles. The summed E-state index contributed by atoms with van der Waals surface area (Å²) in [6.45, 7) is 0. The zero-order chi connectivity index (χ0) is 17.1. The molecule has 122 valence electrons. The minimum Gasteiger partial charge on any atom is -0.425 e. The first-order valence-corrected chi connectivity index (χ1v) is 8.35. The van der Waals surface area contributed by atoms with Crippen LogP contribution in [-0.4, -0.2) is 11.0 Å². The van der Waals surface area contributed by atoms with E-state index in [4.69, 9.17) is 39.5 Å². The van der Waals surface area contributed by atoms with Crippen LogP contribution in [0.1, 0.15) is 12.0 Å². The monoisotopic (exact) mass is 379 g/mol. The van der Waals surface area contributed by atoms with Gasteiger partial charge >= 0.3 is 5.97 Å². The van der Waals surface area contributed by atoms with Crippen molar-refractivity contribution in [1.29, 1.82) is 0 Å². The zero-order valence-corrected chi connectivity index (χ0v) is 14.7. The number of para-hydroxylation sites is 1. The summed E-state index contributed by atoms with van der Waals surface area (Å²) in [5.74, 6) is -0.198. The number of rotatable bonds is 4. The van der Waals surface area contributed by atoms with Crippen LogP contribution in [0.2, 0.25) is 15.1 Å². The van der Waals surface area contributed by atoms with Crippen LogP contribution in [0, 0.1) is 0 Å². The molecule has 0 spiro atoms. The lowest BCUT2D eigenvalue weighted by atomic mass is 10.1. The number of aromatic nitrogens is 1. The van der Waals surface area contributed by atoms with Crippen LogP contribution in [0.15, 0.2) is 48.7 Å². The van der Waals surface area contributed by atoms with E-state index in [1.807, 2.05) is 30.3 Å². The summed E-state index contributed by atoms with van der Waals surface area (Å²) in [5, 5.41) is 1.87. The molecule has 0 bridgehead atoms. The Labute approximate surface area is 154 Å². The largest absolute Gasteiger partial charge is 0.425 e. The molecule has 0 N–H and O–H groups in total. The standard InChI is InChI=1S/C18H12Cl3NO2/c19-13-8-15(21)17(9-14(13)20)24-18(23)6-5-11-7-12-3-1-2-4-16(12)22-10-11/h1-4,7-10H,5-6H2. The Morgan fingerprint density at radius 3 is 2.58 bits per heavy atom. The molecule has 0 atom stereocenters. The van der Waals surface area contributed by atoms with Crippen LogP contribution in [-0.2, 0) is 11.2 Å². The zero-order valence-electron chi connectivity index (χ0n) is 12.4. The topological polar surface area (TPSA) is 39.2 Å². The second-order valence-electron chi connectivity index (χ2n) is 5.21. The molecule has 3 aromatic rings. The fourth-order valence-corrected chi connectivity index (χ4v) is 2.83. The second-order valence-corrected chi connectivity index (χ2v) is 6.43. The molecule has 6 heteroatoms. The maximum Gasteiger partial charge on any atom is 0.311 e. The van der Waals surface area contributed by atoms with E-state index in [1.165, 1.54) is 12.1 Å². The Morgan fingerprint density at radius 2 is 1.75 bits per heavy atom. The number of carbonyl (C=O) groups is 1. The molecule has 3 nitrogen and oxygen atoms in total. The number of nitrogens with zero attached hydrogens (tertiary/aromatic N) is 1. The molecule has 0 aliphatic heterocycles. The third-order valence-electron chi connectivity index (χ3n) is 3.46. The molecule has 24 heavy (non-hydrogen) atoms. The van der Waals surface area contributed by atoms with Gasteiger partial charge in [0.2, 0.25) is 0 Å². The molecule has 0 aliphatic carbocycles. The highest BCUT2D eigenvalue weighted by Gasteiger charge is 2.12. The first-order chi connectivity index (χ1) is 11.5. The number of pyridine rings is 1. The summed E-state index contributed by atoms with van der Waals surface area (Å²) in [6.07, 6.45) is 2.49. The molecule has 0 amide bonds. The van der Waals surface area contributed by atoms with Crippen LogP contribution in [0.3, 0.4) is 0 Å². The van der Waals surface area contributed by atoms with Gasteiger partial charge in [-0.05, 0) is 30.2 Å². The highest BCUT2D eigenvalue weighted by atomic mass is 35.5. The van der Waals surface area contributed by atoms with Gasteiger partial charge in [-0.2, -0.15) is 0 Å². The van der Waals surface area contributed by atoms with Gasteiger partial charge in [0.25, 0.3) is 0 Å². The van der Waals surface area contributed by atoms with Gasteiger partial charge in [-0.15, -0.1) is 0 Å². The number of halogens is 3. The van der Waals surface area contributed by atoms with Crippen molar-refractivity contribution in [2.75, 3.05) is 0 Å². The first kappa shape index (κ1) is 17.0.